The number of rotatable bonds is 2. The molecule has 3 rings (SSSR count). The Labute approximate surface area is 322 Å². The van der Waals surface area contributed by atoms with E-state index in [9.17, 15) is 41.3 Å². The Balaban J connectivity index is -0.000000166. The molecule has 3 aromatic carbocycles. The normalized spacial score (nSPS) is 12.2. The van der Waals surface area contributed by atoms with Crippen molar-refractivity contribution in [2.24, 2.45) is 0 Å². The summed E-state index contributed by atoms with van der Waals surface area (Å²) in [7, 11) is 0. The van der Waals surface area contributed by atoms with Gasteiger partial charge >= 0.3 is 73.0 Å². The molecule has 0 saturated carbocycles. The molecule has 0 aliphatic carbocycles. The molecule has 25 heteroatoms. The molecule has 3 aromatic rings. The van der Waals surface area contributed by atoms with Crippen molar-refractivity contribution in [3.05, 3.63) is 112 Å². The molecule has 0 spiro atoms. The summed E-state index contributed by atoms with van der Waals surface area (Å²) in [5.41, 5.74) is 1.07. The summed E-state index contributed by atoms with van der Waals surface area (Å²) in [6.45, 7) is 0. The SMILES string of the molecule is C.ClC(Cl)(Cl)Cl.Cl[C+](Cl)Cl.Fc1ccc(C(Cl)(Cl)c2ccc(F)cc2)cc1.Fc1ccccc1.[Cl-].[F][Sb]([F])([F])([F])[F].[F][Sb]([F])([F])([F])[F]. The minimum absolute atomic E-state index is 0. The Bertz CT molecular complexity index is 1110. The average Bonchev–Trinajstić information content (AvgIpc) is 2.76. The predicted octanol–water partition coefficient (Wildman–Crippen LogP) is 12.3. The molecule has 0 fully saturated rings. The van der Waals surface area contributed by atoms with Gasteiger partial charge in [-0.1, -0.05) is 119 Å². The number of hydrogen-bond acceptors (Lipinski definition) is 0. The molecule has 47 heavy (non-hydrogen) atoms. The van der Waals surface area contributed by atoms with Gasteiger partial charge in [-0.05, 0) is 47.5 Å². The van der Waals surface area contributed by atoms with Gasteiger partial charge in [0.25, 0.3) is 3.25 Å². The maximum absolute atomic E-state index is 12.8. The summed E-state index contributed by atoms with van der Waals surface area (Å²) >= 11 is 27.5. The van der Waals surface area contributed by atoms with E-state index in [1.54, 1.807) is 18.2 Å². The van der Waals surface area contributed by atoms with E-state index in [2.05, 4.69) is 0 Å². The van der Waals surface area contributed by atoms with Gasteiger partial charge in [-0.15, -0.1) is 0 Å². The Morgan fingerprint density at radius 3 is 0.766 bits per heavy atom. The minimum atomic E-state index is -9.19. The van der Waals surface area contributed by atoms with Crippen LogP contribution in [0, 0.1) is 21.7 Å². The molecule has 0 bridgehead atoms. The molecular weight excluding hydrogens is 1110 g/mol. The van der Waals surface area contributed by atoms with E-state index < -0.39 is 48.2 Å². The first kappa shape index (κ1) is 57.5. The molecule has 0 nitrogen and oxygen atoms in total. The van der Waals surface area contributed by atoms with Crippen molar-refractivity contribution in [3.63, 3.8) is 0 Å². The first-order valence-corrected chi connectivity index (χ1v) is 23.1. The van der Waals surface area contributed by atoms with Crippen molar-refractivity contribution in [1.29, 1.82) is 0 Å². The fourth-order valence-electron chi connectivity index (χ4n) is 1.90. The topological polar surface area (TPSA) is 0 Å². The van der Waals surface area contributed by atoms with Crippen molar-refractivity contribution in [3.8, 4) is 0 Å². The molecule has 0 aliphatic rings. The zero-order chi connectivity index (χ0) is 36.6. The van der Waals surface area contributed by atoms with E-state index in [4.69, 9.17) is 104 Å². The molecule has 0 aromatic heterocycles. The quantitative estimate of drug-likeness (QED) is 0.104. The van der Waals surface area contributed by atoms with Crippen LogP contribution in [-0.2, 0) is 4.33 Å². The van der Waals surface area contributed by atoms with Crippen LogP contribution in [0.3, 0.4) is 0 Å². The molecule has 0 aliphatic heterocycles. The van der Waals surface area contributed by atoms with Crippen molar-refractivity contribution in [1.82, 2.24) is 0 Å². The van der Waals surface area contributed by atoms with Crippen LogP contribution in [-0.4, -0.2) is 43.9 Å². The van der Waals surface area contributed by atoms with E-state index in [-0.39, 0.29) is 41.6 Å². The fourth-order valence-corrected chi connectivity index (χ4v) is 2.40. The van der Waals surface area contributed by atoms with E-state index in [1.807, 2.05) is 0 Å². The molecule has 0 radical (unpaired) electrons. The molecular formula is C22H17Cl10F13Sb2. The van der Waals surface area contributed by atoms with Gasteiger partial charge in [0.2, 0.25) is 0 Å². The van der Waals surface area contributed by atoms with Gasteiger partial charge in [-0.25, -0.2) is 13.2 Å². The number of benzene rings is 3. The first-order chi connectivity index (χ1) is 19.6. The van der Waals surface area contributed by atoms with Gasteiger partial charge in [-0.2, -0.15) is 0 Å². The Hall–Kier alpha value is 1.16. The van der Waals surface area contributed by atoms with E-state index in [0.29, 0.717) is 11.1 Å². The van der Waals surface area contributed by atoms with Crippen molar-refractivity contribution in [2.45, 2.75) is 15.0 Å². The third kappa shape index (κ3) is 56.8. The Morgan fingerprint density at radius 1 is 0.447 bits per heavy atom. The summed E-state index contributed by atoms with van der Waals surface area (Å²) in [6, 6.07) is 19.0. The zero-order valence-electron chi connectivity index (χ0n) is 21.1. The summed E-state index contributed by atoms with van der Waals surface area (Å²) in [5.74, 6) is -0.906. The summed E-state index contributed by atoms with van der Waals surface area (Å²) in [4.78, 5) is 0. The summed E-state index contributed by atoms with van der Waals surface area (Å²) in [6.07, 6.45) is 0. The van der Waals surface area contributed by atoms with Crippen LogP contribution in [0.4, 0.5) is 41.3 Å². The maximum atomic E-state index is 12.8. The van der Waals surface area contributed by atoms with Crippen LogP contribution < -0.4 is 12.4 Å². The number of alkyl halides is 6. The molecule has 0 saturated heterocycles. The molecule has 0 unspecified atom stereocenters. The Kier molecular flexibility index (Phi) is 29.9. The summed E-state index contributed by atoms with van der Waals surface area (Å²) < 4.78 is 133. The predicted molar refractivity (Wildman–Crippen MR) is 168 cm³/mol. The van der Waals surface area contributed by atoms with Gasteiger partial charge in [0.05, 0.1) is 0 Å². The first-order valence-electron chi connectivity index (χ1n) is 10.0. The van der Waals surface area contributed by atoms with Crippen LogP contribution in [0.1, 0.15) is 18.6 Å². The molecule has 0 amide bonds. The monoisotopic (exact) mass is 1120 g/mol. The van der Waals surface area contributed by atoms with Crippen molar-refractivity contribution < 1.29 is 53.7 Å². The molecule has 276 valence electrons. The molecule has 0 heterocycles. The third-order valence-corrected chi connectivity index (χ3v) is 4.02. The second-order valence-corrected chi connectivity index (χ2v) is 20.6. The second kappa shape index (κ2) is 24.4. The van der Waals surface area contributed by atoms with Crippen LogP contribution in [0.25, 0.3) is 0 Å². The van der Waals surface area contributed by atoms with E-state index in [0.717, 1.165) is 0 Å². The summed E-state index contributed by atoms with van der Waals surface area (Å²) in [5, 5.41) is 0. The van der Waals surface area contributed by atoms with Crippen molar-refractivity contribution >= 4 is 145 Å². The van der Waals surface area contributed by atoms with Gasteiger partial charge in [-0.3, -0.25) is 0 Å². The van der Waals surface area contributed by atoms with Gasteiger partial charge < -0.3 is 12.4 Å². The van der Waals surface area contributed by atoms with Crippen LogP contribution >= 0.6 is 104 Å². The Morgan fingerprint density at radius 2 is 0.617 bits per heavy atom. The average molecular weight is 1130 g/mol. The van der Waals surface area contributed by atoms with Gasteiger partial charge in [0, 0.05) is 0 Å². The van der Waals surface area contributed by atoms with E-state index >= 15 is 0 Å². The number of halogens is 23. The second-order valence-electron chi connectivity index (χ2n) is 6.80. The van der Waals surface area contributed by atoms with E-state index in [1.165, 1.54) is 60.7 Å². The zero-order valence-corrected chi connectivity index (χ0v) is 33.8. The third-order valence-electron chi connectivity index (χ3n) is 3.15. The van der Waals surface area contributed by atoms with Gasteiger partial charge in [0.15, 0.2) is 39.1 Å². The van der Waals surface area contributed by atoms with Gasteiger partial charge in [0.1, 0.15) is 17.5 Å². The number of hydrogen-bond donors (Lipinski definition) is 0. The van der Waals surface area contributed by atoms with Crippen LogP contribution in [0.15, 0.2) is 78.9 Å². The van der Waals surface area contributed by atoms with Crippen molar-refractivity contribution in [2.75, 3.05) is 0 Å². The molecule has 0 N–H and O–H groups in total. The standard InChI is InChI=1S/C13H8Cl2F2.C6H5F.CCl4.CCl3.CH4.ClH.10FH.2Sb/c14-13(15,9-1-5-11(16)6-2-9)10-3-7-12(17)8-4-10;7-6-4-2-1-3-5-6;2-1(3,4)5;2-1(3)4;;;;;;;;;;;;;;/h1-8H;1-5H;;;1H4;11*1H;;/q;;;+1;;;;;;;;;;;;;2*+5/p-11. The molecule has 0 atom stereocenters. The van der Waals surface area contributed by atoms with Crippen LogP contribution in [0.2, 0.25) is 0 Å². The van der Waals surface area contributed by atoms with Crippen LogP contribution in [0.5, 0.6) is 0 Å². The fraction of sp³-hybridized carbons (Fsp3) is 0.136.